The number of benzene rings is 1. The van der Waals surface area contributed by atoms with Crippen LogP contribution in [0.3, 0.4) is 0 Å². The summed E-state index contributed by atoms with van der Waals surface area (Å²) < 4.78 is 5.62. The van der Waals surface area contributed by atoms with Crippen LogP contribution in [-0.4, -0.2) is 36.9 Å². The Morgan fingerprint density at radius 2 is 2.00 bits per heavy atom. The molecule has 1 aliphatic heterocycles. The molecular weight excluding hydrogens is 274 g/mol. The fraction of sp³-hybridized carbons (Fsp3) is 0.526. The molecule has 0 aromatic heterocycles. The molecule has 0 amide bonds. The van der Waals surface area contributed by atoms with Crippen molar-refractivity contribution in [1.29, 1.82) is 0 Å². The van der Waals surface area contributed by atoms with E-state index in [1.165, 1.54) is 25.7 Å². The molecule has 0 aliphatic carbocycles. The smallest absolute Gasteiger partial charge is 0.167 e. The highest BCUT2D eigenvalue weighted by atomic mass is 16.5. The van der Waals surface area contributed by atoms with Gasteiger partial charge >= 0.3 is 0 Å². The van der Waals surface area contributed by atoms with Crippen molar-refractivity contribution >= 4 is 5.78 Å². The van der Waals surface area contributed by atoms with Crippen molar-refractivity contribution in [3.63, 3.8) is 0 Å². The van der Waals surface area contributed by atoms with Crippen molar-refractivity contribution in [3.8, 4) is 5.75 Å². The summed E-state index contributed by atoms with van der Waals surface area (Å²) in [4.78, 5) is 15.0. The summed E-state index contributed by atoms with van der Waals surface area (Å²) >= 11 is 0. The third-order valence-corrected chi connectivity index (χ3v) is 4.15. The van der Waals surface area contributed by atoms with E-state index in [1.807, 2.05) is 25.1 Å². The molecule has 1 fully saturated rings. The summed E-state index contributed by atoms with van der Waals surface area (Å²) in [6.45, 7) is 9.19. The Morgan fingerprint density at radius 1 is 1.27 bits per heavy atom. The maximum Gasteiger partial charge on any atom is 0.167 e. The van der Waals surface area contributed by atoms with Crippen LogP contribution in [0.2, 0.25) is 0 Å². The number of Topliss-reactive ketones (excluding diaryl/α,β-unsaturated/α-hetero) is 1. The molecular formula is C19H27NO2. The normalized spacial score (nSPS) is 16.0. The number of hydrogen-bond donors (Lipinski definition) is 0. The Balaban J connectivity index is 1.98. The average molecular weight is 301 g/mol. The standard InChI is InChI=1S/C19H27NO2/c1-3-14-22-19-9-8-16(2)15-17(19)18(21)10-13-20-11-6-4-5-7-12-20/h3,8-9,15H,1,4-7,10-14H2,2H3. The molecule has 0 bridgehead atoms. The lowest BCUT2D eigenvalue weighted by atomic mass is 10.0. The largest absolute Gasteiger partial charge is 0.489 e. The van der Waals surface area contributed by atoms with Gasteiger partial charge in [0.2, 0.25) is 0 Å². The Kier molecular flexibility index (Phi) is 6.66. The van der Waals surface area contributed by atoms with Crippen LogP contribution in [-0.2, 0) is 0 Å². The third-order valence-electron chi connectivity index (χ3n) is 4.15. The van der Waals surface area contributed by atoms with E-state index >= 15 is 0 Å². The van der Waals surface area contributed by atoms with E-state index in [2.05, 4.69) is 11.5 Å². The lowest BCUT2D eigenvalue weighted by molar-refractivity contribution is 0.0961. The highest BCUT2D eigenvalue weighted by Gasteiger charge is 2.15. The molecule has 0 saturated carbocycles. The number of carbonyl (C=O) groups excluding carboxylic acids is 1. The van der Waals surface area contributed by atoms with Gasteiger partial charge in [0, 0.05) is 13.0 Å². The Bertz CT molecular complexity index is 502. The second kappa shape index (κ2) is 8.74. The molecule has 2 rings (SSSR count). The number of nitrogens with zero attached hydrogens (tertiary/aromatic N) is 1. The molecule has 1 aromatic carbocycles. The molecule has 3 nitrogen and oxygen atoms in total. The van der Waals surface area contributed by atoms with Gasteiger partial charge in [-0.15, -0.1) is 0 Å². The van der Waals surface area contributed by atoms with E-state index in [-0.39, 0.29) is 5.78 Å². The molecule has 0 spiro atoms. The second-order valence-corrected chi connectivity index (χ2v) is 6.03. The minimum absolute atomic E-state index is 0.173. The molecule has 0 atom stereocenters. The summed E-state index contributed by atoms with van der Waals surface area (Å²) in [6, 6.07) is 5.80. The first-order valence-corrected chi connectivity index (χ1v) is 8.30. The number of ketones is 1. The molecule has 1 aromatic rings. The van der Waals surface area contributed by atoms with Crippen LogP contribution < -0.4 is 4.74 Å². The van der Waals surface area contributed by atoms with Gasteiger partial charge in [-0.3, -0.25) is 4.79 Å². The quantitative estimate of drug-likeness (QED) is 0.563. The van der Waals surface area contributed by atoms with Gasteiger partial charge in [-0.1, -0.05) is 37.1 Å². The SMILES string of the molecule is C=CCOc1ccc(C)cc1C(=O)CCN1CCCCCC1. The summed E-state index contributed by atoms with van der Waals surface area (Å²) in [5.74, 6) is 0.846. The van der Waals surface area contributed by atoms with Gasteiger partial charge in [-0.25, -0.2) is 0 Å². The Hall–Kier alpha value is -1.61. The van der Waals surface area contributed by atoms with Crippen LogP contribution in [0.5, 0.6) is 5.75 Å². The zero-order valence-corrected chi connectivity index (χ0v) is 13.6. The van der Waals surface area contributed by atoms with Crippen molar-refractivity contribution < 1.29 is 9.53 Å². The van der Waals surface area contributed by atoms with E-state index in [9.17, 15) is 4.79 Å². The molecule has 22 heavy (non-hydrogen) atoms. The third kappa shape index (κ3) is 4.99. The highest BCUT2D eigenvalue weighted by molar-refractivity contribution is 5.99. The van der Waals surface area contributed by atoms with E-state index in [0.717, 1.165) is 25.2 Å². The monoisotopic (exact) mass is 301 g/mol. The number of hydrogen-bond acceptors (Lipinski definition) is 3. The number of likely N-dealkylation sites (tertiary alicyclic amines) is 1. The number of aryl methyl sites for hydroxylation is 1. The van der Waals surface area contributed by atoms with Crippen LogP contribution in [0.4, 0.5) is 0 Å². The van der Waals surface area contributed by atoms with Gasteiger partial charge in [0.25, 0.3) is 0 Å². The highest BCUT2D eigenvalue weighted by Crippen LogP contribution is 2.22. The van der Waals surface area contributed by atoms with Gasteiger partial charge in [0.1, 0.15) is 12.4 Å². The fourth-order valence-electron chi connectivity index (χ4n) is 2.89. The minimum atomic E-state index is 0.173. The first kappa shape index (κ1) is 16.8. The van der Waals surface area contributed by atoms with Crippen LogP contribution in [0.15, 0.2) is 30.9 Å². The van der Waals surface area contributed by atoms with Gasteiger partial charge in [0.15, 0.2) is 5.78 Å². The maximum absolute atomic E-state index is 12.6. The maximum atomic E-state index is 12.6. The summed E-state index contributed by atoms with van der Waals surface area (Å²) in [7, 11) is 0. The molecule has 0 unspecified atom stereocenters. The van der Waals surface area contributed by atoms with E-state index < -0.39 is 0 Å². The average Bonchev–Trinajstić information content (AvgIpc) is 2.80. The van der Waals surface area contributed by atoms with E-state index in [4.69, 9.17) is 4.74 Å². The molecule has 120 valence electrons. The number of rotatable bonds is 7. The predicted octanol–water partition coefficient (Wildman–Crippen LogP) is 4.01. The van der Waals surface area contributed by atoms with Crippen molar-refractivity contribution in [2.24, 2.45) is 0 Å². The Morgan fingerprint density at radius 3 is 2.68 bits per heavy atom. The molecule has 0 radical (unpaired) electrons. The Labute approximate surface area is 134 Å². The molecule has 3 heteroatoms. The van der Waals surface area contributed by atoms with Crippen LogP contribution >= 0.6 is 0 Å². The fourth-order valence-corrected chi connectivity index (χ4v) is 2.89. The van der Waals surface area contributed by atoms with Crippen molar-refractivity contribution in [2.75, 3.05) is 26.2 Å². The van der Waals surface area contributed by atoms with Crippen LogP contribution in [0, 0.1) is 6.92 Å². The second-order valence-electron chi connectivity index (χ2n) is 6.03. The van der Waals surface area contributed by atoms with Crippen LogP contribution in [0.1, 0.15) is 48.0 Å². The summed E-state index contributed by atoms with van der Waals surface area (Å²) in [5.41, 5.74) is 1.79. The zero-order valence-electron chi connectivity index (χ0n) is 13.6. The molecule has 1 heterocycles. The van der Waals surface area contributed by atoms with E-state index in [1.54, 1.807) is 6.08 Å². The van der Waals surface area contributed by atoms with Gasteiger partial charge in [0.05, 0.1) is 5.56 Å². The van der Waals surface area contributed by atoms with E-state index in [0.29, 0.717) is 24.3 Å². The molecule has 1 saturated heterocycles. The topological polar surface area (TPSA) is 29.5 Å². The molecule has 0 N–H and O–H groups in total. The lowest BCUT2D eigenvalue weighted by Gasteiger charge is -2.19. The van der Waals surface area contributed by atoms with Gasteiger partial charge < -0.3 is 9.64 Å². The first-order valence-electron chi connectivity index (χ1n) is 8.30. The summed E-state index contributed by atoms with van der Waals surface area (Å²) in [5, 5.41) is 0. The lowest BCUT2D eigenvalue weighted by Crippen LogP contribution is -2.27. The van der Waals surface area contributed by atoms with Crippen molar-refractivity contribution in [3.05, 3.63) is 42.0 Å². The molecule has 1 aliphatic rings. The zero-order chi connectivity index (χ0) is 15.8. The number of ether oxygens (including phenoxy) is 1. The number of carbonyl (C=O) groups is 1. The van der Waals surface area contributed by atoms with Gasteiger partial charge in [-0.2, -0.15) is 0 Å². The van der Waals surface area contributed by atoms with Crippen molar-refractivity contribution in [2.45, 2.75) is 39.0 Å². The first-order chi connectivity index (χ1) is 10.7. The van der Waals surface area contributed by atoms with Crippen LogP contribution in [0.25, 0.3) is 0 Å². The van der Waals surface area contributed by atoms with Gasteiger partial charge in [-0.05, 0) is 45.0 Å². The predicted molar refractivity (Wildman–Crippen MR) is 90.7 cm³/mol. The minimum Gasteiger partial charge on any atom is -0.489 e. The summed E-state index contributed by atoms with van der Waals surface area (Å²) in [6.07, 6.45) is 7.42. The van der Waals surface area contributed by atoms with Crippen molar-refractivity contribution in [1.82, 2.24) is 4.90 Å².